The van der Waals surface area contributed by atoms with Gasteiger partial charge >= 0.3 is 10.4 Å². The second-order valence-electron chi connectivity index (χ2n) is 9.84. The monoisotopic (exact) mass is 488 g/mol. The largest absolute Gasteiger partial charge is 0.397 e. The number of rotatable bonds is 26. The van der Waals surface area contributed by atoms with E-state index in [-0.39, 0.29) is 12.5 Å². The maximum atomic E-state index is 10.9. The van der Waals surface area contributed by atoms with Gasteiger partial charge in [-0.25, -0.2) is 4.18 Å². The molecule has 0 aliphatic rings. The van der Waals surface area contributed by atoms with E-state index in [0.717, 1.165) is 19.3 Å². The minimum Gasteiger partial charge on any atom is -0.264 e. The van der Waals surface area contributed by atoms with Crippen LogP contribution in [0.1, 0.15) is 155 Å². The van der Waals surface area contributed by atoms with Gasteiger partial charge in [0.15, 0.2) is 0 Å². The third-order valence-corrected chi connectivity index (χ3v) is 6.93. The molecular weight excluding hydrogens is 432 g/mol. The standard InChI is InChI=1S/C28H56O4S/c1-3-5-7-9-11-12-13-14-15-16-17-18-20-22-24-26-28(27-32-33(29,30)31)25-23-21-19-10-8-6-4-2/h24,26,28H,3-23,25,27H2,1-2H3,(H,29,30,31)/b26-24+. The first kappa shape index (κ1) is 32.6. The lowest BCUT2D eigenvalue weighted by atomic mass is 9.99. The van der Waals surface area contributed by atoms with Crippen molar-refractivity contribution in [3.05, 3.63) is 12.2 Å². The molecule has 0 fully saturated rings. The van der Waals surface area contributed by atoms with Crippen LogP contribution >= 0.6 is 0 Å². The second kappa shape index (κ2) is 24.7. The SMILES string of the molecule is CCCCCCCCCCCCCCC/C=C/C(CCCCCCCCC)COS(=O)(=O)O. The van der Waals surface area contributed by atoms with Gasteiger partial charge in [-0.2, -0.15) is 8.42 Å². The van der Waals surface area contributed by atoms with E-state index in [1.807, 2.05) is 0 Å². The summed E-state index contributed by atoms with van der Waals surface area (Å²) in [7, 11) is -4.36. The van der Waals surface area contributed by atoms with Crippen LogP contribution in [0.2, 0.25) is 0 Å². The van der Waals surface area contributed by atoms with Crippen molar-refractivity contribution < 1.29 is 17.2 Å². The average Bonchev–Trinajstić information content (AvgIpc) is 2.78. The molecule has 1 atom stereocenters. The second-order valence-corrected chi connectivity index (χ2v) is 10.9. The van der Waals surface area contributed by atoms with Gasteiger partial charge in [0.1, 0.15) is 0 Å². The minimum atomic E-state index is -4.36. The summed E-state index contributed by atoms with van der Waals surface area (Å²) in [5, 5.41) is 0. The number of allylic oxidation sites excluding steroid dienone is 1. The topological polar surface area (TPSA) is 63.6 Å². The van der Waals surface area contributed by atoms with Crippen LogP contribution in [0.15, 0.2) is 12.2 Å². The van der Waals surface area contributed by atoms with E-state index in [1.165, 1.54) is 122 Å². The zero-order valence-corrected chi connectivity index (χ0v) is 22.9. The van der Waals surface area contributed by atoms with Crippen LogP contribution in [0.3, 0.4) is 0 Å². The Morgan fingerprint density at radius 2 is 1.03 bits per heavy atom. The van der Waals surface area contributed by atoms with Crippen LogP contribution in [0.4, 0.5) is 0 Å². The highest BCUT2D eigenvalue weighted by Crippen LogP contribution is 2.17. The fourth-order valence-corrected chi connectivity index (χ4v) is 4.69. The summed E-state index contributed by atoms with van der Waals surface area (Å²) in [6.45, 7) is 4.54. The molecule has 5 heteroatoms. The molecule has 33 heavy (non-hydrogen) atoms. The van der Waals surface area contributed by atoms with Crippen molar-refractivity contribution in [2.24, 2.45) is 5.92 Å². The summed E-state index contributed by atoms with van der Waals surface area (Å²) in [4.78, 5) is 0. The molecule has 0 saturated carbocycles. The van der Waals surface area contributed by atoms with Crippen LogP contribution in [0, 0.1) is 5.92 Å². The molecule has 1 N–H and O–H groups in total. The Kier molecular flexibility index (Phi) is 24.4. The first-order valence-corrected chi connectivity index (χ1v) is 15.6. The molecule has 0 aliphatic heterocycles. The quantitative estimate of drug-likeness (QED) is 0.0747. The molecule has 0 spiro atoms. The van der Waals surface area contributed by atoms with Crippen molar-refractivity contribution in [2.45, 2.75) is 155 Å². The summed E-state index contributed by atoms with van der Waals surface area (Å²) in [6, 6.07) is 0. The zero-order valence-electron chi connectivity index (χ0n) is 22.1. The normalized spacial score (nSPS) is 13.2. The van der Waals surface area contributed by atoms with Crippen molar-refractivity contribution in [3.63, 3.8) is 0 Å². The van der Waals surface area contributed by atoms with Gasteiger partial charge in [0.2, 0.25) is 0 Å². The summed E-state index contributed by atoms with van der Waals surface area (Å²) in [5.74, 6) is 0.0598. The maximum Gasteiger partial charge on any atom is 0.397 e. The molecule has 0 radical (unpaired) electrons. The fraction of sp³-hybridized carbons (Fsp3) is 0.929. The van der Waals surface area contributed by atoms with Crippen LogP contribution < -0.4 is 0 Å². The van der Waals surface area contributed by atoms with E-state index in [9.17, 15) is 8.42 Å². The molecule has 198 valence electrons. The van der Waals surface area contributed by atoms with Crippen molar-refractivity contribution in [2.75, 3.05) is 6.61 Å². The molecule has 0 aromatic rings. The highest BCUT2D eigenvalue weighted by Gasteiger charge is 2.11. The van der Waals surface area contributed by atoms with Crippen molar-refractivity contribution in [3.8, 4) is 0 Å². The van der Waals surface area contributed by atoms with Gasteiger partial charge in [0.25, 0.3) is 0 Å². The lowest BCUT2D eigenvalue weighted by molar-refractivity contribution is 0.234. The summed E-state index contributed by atoms with van der Waals surface area (Å²) in [6.07, 6.45) is 32.6. The maximum absolute atomic E-state index is 10.9. The Bertz CT molecular complexity index is 516. The highest BCUT2D eigenvalue weighted by molar-refractivity contribution is 7.80. The van der Waals surface area contributed by atoms with Gasteiger partial charge in [-0.3, -0.25) is 4.55 Å². The molecule has 0 saturated heterocycles. The van der Waals surface area contributed by atoms with Gasteiger partial charge < -0.3 is 0 Å². The molecule has 0 amide bonds. The minimum absolute atomic E-state index is 0.0454. The number of hydrogen-bond donors (Lipinski definition) is 1. The lowest BCUT2D eigenvalue weighted by Crippen LogP contribution is -2.12. The van der Waals surface area contributed by atoms with Crippen LogP contribution in [0.25, 0.3) is 0 Å². The smallest absolute Gasteiger partial charge is 0.264 e. The molecule has 0 heterocycles. The molecule has 0 bridgehead atoms. The van der Waals surface area contributed by atoms with E-state index in [4.69, 9.17) is 4.55 Å². The third kappa shape index (κ3) is 27.7. The van der Waals surface area contributed by atoms with E-state index in [2.05, 4.69) is 30.2 Å². The summed E-state index contributed by atoms with van der Waals surface area (Å²) >= 11 is 0. The first-order valence-electron chi connectivity index (χ1n) is 14.3. The molecule has 0 aromatic heterocycles. The van der Waals surface area contributed by atoms with Crippen LogP contribution in [0.5, 0.6) is 0 Å². The molecular formula is C28H56O4S. The van der Waals surface area contributed by atoms with Crippen LogP contribution in [-0.2, 0) is 14.6 Å². The predicted octanol–water partition coefficient (Wildman–Crippen LogP) is 9.60. The zero-order chi connectivity index (χ0) is 24.5. The Balaban J connectivity index is 3.78. The van der Waals surface area contributed by atoms with Gasteiger partial charge in [-0.05, 0) is 19.3 Å². The Hall–Kier alpha value is -0.390. The lowest BCUT2D eigenvalue weighted by Gasteiger charge is -2.12. The van der Waals surface area contributed by atoms with Gasteiger partial charge in [-0.15, -0.1) is 0 Å². The van der Waals surface area contributed by atoms with E-state index in [1.54, 1.807) is 0 Å². The highest BCUT2D eigenvalue weighted by atomic mass is 32.3. The molecule has 0 aromatic carbocycles. The molecule has 0 aliphatic carbocycles. The third-order valence-electron chi connectivity index (χ3n) is 6.49. The molecule has 4 nitrogen and oxygen atoms in total. The number of hydrogen-bond acceptors (Lipinski definition) is 3. The summed E-state index contributed by atoms with van der Waals surface area (Å²) < 4.78 is 35.4. The van der Waals surface area contributed by atoms with Gasteiger partial charge in [-0.1, -0.05) is 148 Å². The van der Waals surface area contributed by atoms with Crippen molar-refractivity contribution in [1.29, 1.82) is 0 Å². The Labute approximate surface area is 207 Å². The molecule has 0 rings (SSSR count). The van der Waals surface area contributed by atoms with E-state index in [0.29, 0.717) is 0 Å². The van der Waals surface area contributed by atoms with Gasteiger partial charge in [0.05, 0.1) is 6.61 Å². The first-order chi connectivity index (χ1) is 16.0. The predicted molar refractivity (Wildman–Crippen MR) is 143 cm³/mol. The van der Waals surface area contributed by atoms with Crippen LogP contribution in [-0.4, -0.2) is 19.6 Å². The Morgan fingerprint density at radius 3 is 1.45 bits per heavy atom. The number of unbranched alkanes of at least 4 members (excludes halogenated alkanes) is 19. The fourth-order valence-electron chi connectivity index (χ4n) is 4.34. The average molecular weight is 489 g/mol. The molecule has 1 unspecified atom stereocenters. The Morgan fingerprint density at radius 1 is 0.636 bits per heavy atom. The van der Waals surface area contributed by atoms with E-state index < -0.39 is 10.4 Å². The van der Waals surface area contributed by atoms with Crippen molar-refractivity contribution >= 4 is 10.4 Å². The van der Waals surface area contributed by atoms with Gasteiger partial charge in [0, 0.05) is 5.92 Å². The summed E-state index contributed by atoms with van der Waals surface area (Å²) in [5.41, 5.74) is 0. The van der Waals surface area contributed by atoms with Crippen molar-refractivity contribution in [1.82, 2.24) is 0 Å². The van der Waals surface area contributed by atoms with E-state index >= 15 is 0 Å².